The molecule has 2 N–H and O–H groups in total. The number of para-hydroxylation sites is 1. The van der Waals surface area contributed by atoms with E-state index in [1.54, 1.807) is 44.6 Å². The third-order valence-electron chi connectivity index (χ3n) is 3.24. The number of halogens is 1. The first kappa shape index (κ1) is 16.4. The largest absolute Gasteiger partial charge is 0.493 e. The molecule has 2 amide bonds. The Balaban J connectivity index is 1.80. The second kappa shape index (κ2) is 6.94. The van der Waals surface area contributed by atoms with Crippen LogP contribution in [0.1, 0.15) is 0 Å². The number of hydrogen-bond acceptors (Lipinski definition) is 5. The van der Waals surface area contributed by atoms with Gasteiger partial charge in [-0.1, -0.05) is 35.1 Å². The molecule has 1 heterocycles. The van der Waals surface area contributed by atoms with E-state index in [1.807, 2.05) is 6.07 Å². The van der Waals surface area contributed by atoms with E-state index in [2.05, 4.69) is 15.6 Å². The molecule has 124 valence electrons. The Morgan fingerprint density at radius 3 is 2.54 bits per heavy atom. The highest BCUT2D eigenvalue weighted by Crippen LogP contribution is 2.36. The van der Waals surface area contributed by atoms with E-state index in [0.29, 0.717) is 32.9 Å². The van der Waals surface area contributed by atoms with Crippen molar-refractivity contribution in [1.29, 1.82) is 0 Å². The molecule has 3 aromatic rings. The number of urea groups is 1. The Labute approximate surface area is 147 Å². The van der Waals surface area contributed by atoms with Gasteiger partial charge >= 0.3 is 6.03 Å². The number of ether oxygens (including phenoxy) is 2. The number of fused-ring (bicyclic) bond motifs is 1. The quantitative estimate of drug-likeness (QED) is 0.709. The molecule has 0 fully saturated rings. The summed E-state index contributed by atoms with van der Waals surface area (Å²) >= 11 is 7.36. The number of thiazole rings is 1. The third kappa shape index (κ3) is 3.37. The van der Waals surface area contributed by atoms with E-state index in [9.17, 15) is 4.79 Å². The van der Waals surface area contributed by atoms with Gasteiger partial charge in [0.15, 0.2) is 16.6 Å². The second-order valence-electron chi connectivity index (χ2n) is 4.75. The highest BCUT2D eigenvalue weighted by Gasteiger charge is 2.13. The first-order valence-corrected chi connectivity index (χ1v) is 8.15. The number of nitrogens with zero attached hydrogens (tertiary/aromatic N) is 1. The van der Waals surface area contributed by atoms with E-state index in [0.717, 1.165) is 4.70 Å². The molecule has 8 heteroatoms. The number of nitrogens with one attached hydrogen (secondary N) is 2. The molecule has 0 atom stereocenters. The lowest BCUT2D eigenvalue weighted by molar-refractivity contribution is 0.262. The number of rotatable bonds is 4. The Bertz CT molecular complexity index is 856. The zero-order valence-corrected chi connectivity index (χ0v) is 14.5. The topological polar surface area (TPSA) is 72.5 Å². The summed E-state index contributed by atoms with van der Waals surface area (Å²) in [6.07, 6.45) is 0. The van der Waals surface area contributed by atoms with Crippen LogP contribution in [0, 0.1) is 0 Å². The summed E-state index contributed by atoms with van der Waals surface area (Å²) in [5.74, 6) is 1.20. The highest BCUT2D eigenvalue weighted by molar-refractivity contribution is 7.22. The summed E-state index contributed by atoms with van der Waals surface area (Å²) in [6.45, 7) is 0. The fraction of sp³-hybridized carbons (Fsp3) is 0.125. The third-order valence-corrected chi connectivity index (χ3v) is 4.50. The number of hydrogen-bond donors (Lipinski definition) is 2. The number of anilines is 2. The van der Waals surface area contributed by atoms with Gasteiger partial charge in [0.1, 0.15) is 0 Å². The molecule has 0 radical (unpaired) electrons. The van der Waals surface area contributed by atoms with Crippen molar-refractivity contribution < 1.29 is 14.3 Å². The van der Waals surface area contributed by atoms with Crippen molar-refractivity contribution in [1.82, 2.24) is 4.98 Å². The van der Waals surface area contributed by atoms with Crippen molar-refractivity contribution in [3.05, 3.63) is 41.4 Å². The molecule has 0 saturated heterocycles. The lowest BCUT2D eigenvalue weighted by atomic mass is 10.3. The fourth-order valence-corrected chi connectivity index (χ4v) is 3.18. The van der Waals surface area contributed by atoms with Crippen LogP contribution in [0.3, 0.4) is 0 Å². The summed E-state index contributed by atoms with van der Waals surface area (Å²) in [7, 11) is 3.13. The van der Waals surface area contributed by atoms with Crippen LogP contribution >= 0.6 is 22.9 Å². The smallest absolute Gasteiger partial charge is 0.325 e. The predicted molar refractivity (Wildman–Crippen MR) is 96.8 cm³/mol. The van der Waals surface area contributed by atoms with Crippen LogP contribution in [0.5, 0.6) is 11.5 Å². The van der Waals surface area contributed by atoms with E-state index >= 15 is 0 Å². The predicted octanol–water partition coefficient (Wildman–Crippen LogP) is 4.61. The van der Waals surface area contributed by atoms with Gasteiger partial charge in [-0.2, -0.15) is 0 Å². The number of aromatic nitrogens is 1. The van der Waals surface area contributed by atoms with E-state index in [-0.39, 0.29) is 0 Å². The molecule has 0 aliphatic heterocycles. The molecule has 0 spiro atoms. The van der Waals surface area contributed by atoms with E-state index in [4.69, 9.17) is 21.1 Å². The maximum Gasteiger partial charge on any atom is 0.325 e. The average molecular weight is 364 g/mol. The lowest BCUT2D eigenvalue weighted by Crippen LogP contribution is -2.19. The molecule has 24 heavy (non-hydrogen) atoms. The SMILES string of the molecule is COc1cc2nc(NC(=O)Nc3ccccc3Cl)sc2cc1OC. The number of carbonyl (C=O) groups is 1. The van der Waals surface area contributed by atoms with Gasteiger partial charge in [0.05, 0.1) is 35.1 Å². The van der Waals surface area contributed by atoms with Crippen LogP contribution in [-0.2, 0) is 0 Å². The van der Waals surface area contributed by atoms with E-state index in [1.165, 1.54) is 11.3 Å². The van der Waals surface area contributed by atoms with Crippen LogP contribution in [0.2, 0.25) is 5.02 Å². The van der Waals surface area contributed by atoms with Crippen LogP contribution in [0.4, 0.5) is 15.6 Å². The molecular weight excluding hydrogens is 350 g/mol. The van der Waals surface area contributed by atoms with Gasteiger partial charge in [-0.15, -0.1) is 0 Å². The molecule has 1 aromatic heterocycles. The monoisotopic (exact) mass is 363 g/mol. The minimum absolute atomic E-state index is 0.416. The summed E-state index contributed by atoms with van der Waals surface area (Å²) < 4.78 is 11.4. The zero-order chi connectivity index (χ0) is 17.1. The lowest BCUT2D eigenvalue weighted by Gasteiger charge is -2.06. The van der Waals surface area contributed by atoms with Gasteiger partial charge in [-0.25, -0.2) is 9.78 Å². The van der Waals surface area contributed by atoms with Gasteiger partial charge in [0.25, 0.3) is 0 Å². The highest BCUT2D eigenvalue weighted by atomic mass is 35.5. The standard InChI is InChI=1S/C16H14ClN3O3S/c1-22-12-7-11-14(8-13(12)23-2)24-16(19-11)20-15(21)18-10-6-4-3-5-9(10)17/h3-8H,1-2H3,(H2,18,19,20,21). The van der Waals surface area contributed by atoms with Crippen molar-refractivity contribution in [2.75, 3.05) is 24.9 Å². The number of methoxy groups -OCH3 is 2. The van der Waals surface area contributed by atoms with Crippen molar-refractivity contribution in [2.45, 2.75) is 0 Å². The zero-order valence-electron chi connectivity index (χ0n) is 12.9. The fourth-order valence-electron chi connectivity index (χ4n) is 2.12. The van der Waals surface area contributed by atoms with Crippen molar-refractivity contribution in [2.24, 2.45) is 0 Å². The Kier molecular flexibility index (Phi) is 4.73. The summed E-state index contributed by atoms with van der Waals surface area (Å²) in [5.41, 5.74) is 1.24. The molecule has 2 aromatic carbocycles. The summed E-state index contributed by atoms with van der Waals surface area (Å²) in [6, 6.07) is 10.2. The summed E-state index contributed by atoms with van der Waals surface area (Å²) in [5, 5.41) is 6.31. The molecule has 0 unspecified atom stereocenters. The Hall–Kier alpha value is -2.51. The molecule has 0 saturated carbocycles. The molecule has 0 bridgehead atoms. The molecular formula is C16H14ClN3O3S. The van der Waals surface area contributed by atoms with Gasteiger partial charge in [-0.05, 0) is 12.1 Å². The van der Waals surface area contributed by atoms with Crippen LogP contribution in [-0.4, -0.2) is 25.2 Å². The minimum Gasteiger partial charge on any atom is -0.493 e. The van der Waals surface area contributed by atoms with Crippen molar-refractivity contribution in [3.63, 3.8) is 0 Å². The van der Waals surface area contributed by atoms with Gasteiger partial charge < -0.3 is 14.8 Å². The van der Waals surface area contributed by atoms with Crippen LogP contribution < -0.4 is 20.1 Å². The maximum absolute atomic E-state index is 12.1. The first-order valence-electron chi connectivity index (χ1n) is 6.96. The van der Waals surface area contributed by atoms with Crippen molar-refractivity contribution >= 4 is 50.0 Å². The number of amides is 2. The van der Waals surface area contributed by atoms with Crippen LogP contribution in [0.25, 0.3) is 10.2 Å². The number of benzene rings is 2. The minimum atomic E-state index is -0.416. The molecule has 6 nitrogen and oxygen atoms in total. The van der Waals surface area contributed by atoms with E-state index < -0.39 is 6.03 Å². The van der Waals surface area contributed by atoms with Gasteiger partial charge in [0.2, 0.25) is 0 Å². The van der Waals surface area contributed by atoms with Crippen molar-refractivity contribution in [3.8, 4) is 11.5 Å². The normalized spacial score (nSPS) is 10.5. The molecule has 3 rings (SSSR count). The first-order chi connectivity index (χ1) is 11.6. The summed E-state index contributed by atoms with van der Waals surface area (Å²) in [4.78, 5) is 16.5. The second-order valence-corrected chi connectivity index (χ2v) is 6.19. The molecule has 0 aliphatic carbocycles. The number of carbonyl (C=O) groups excluding carboxylic acids is 1. The van der Waals surface area contributed by atoms with Gasteiger partial charge in [0, 0.05) is 12.1 Å². The van der Waals surface area contributed by atoms with Crippen LogP contribution in [0.15, 0.2) is 36.4 Å². The van der Waals surface area contributed by atoms with Gasteiger partial charge in [-0.3, -0.25) is 5.32 Å². The maximum atomic E-state index is 12.1. The average Bonchev–Trinajstić information content (AvgIpc) is 2.96. The Morgan fingerprint density at radius 1 is 1.12 bits per heavy atom. The Morgan fingerprint density at radius 2 is 1.83 bits per heavy atom. The molecule has 0 aliphatic rings.